The van der Waals surface area contributed by atoms with E-state index in [0.717, 1.165) is 11.1 Å². The minimum absolute atomic E-state index is 0.245. The molecular formula is C16H13ClN2O. The monoisotopic (exact) mass is 284 g/mol. The van der Waals surface area contributed by atoms with E-state index in [2.05, 4.69) is 5.32 Å². The number of hydrogen-bond donors (Lipinski definition) is 1. The molecule has 0 aliphatic heterocycles. The van der Waals surface area contributed by atoms with Crippen LogP contribution < -0.4 is 5.32 Å². The summed E-state index contributed by atoms with van der Waals surface area (Å²) in [5, 5.41) is 12.3. The van der Waals surface area contributed by atoms with Gasteiger partial charge in [-0.1, -0.05) is 29.3 Å². The zero-order valence-corrected chi connectivity index (χ0v) is 12.0. The van der Waals surface area contributed by atoms with Gasteiger partial charge in [0, 0.05) is 10.6 Å². The van der Waals surface area contributed by atoms with Crippen LogP contribution in [0.4, 0.5) is 5.69 Å². The van der Waals surface area contributed by atoms with Crippen LogP contribution in [-0.2, 0) is 0 Å². The van der Waals surface area contributed by atoms with Crippen LogP contribution >= 0.6 is 11.6 Å². The van der Waals surface area contributed by atoms with Gasteiger partial charge in [-0.25, -0.2) is 0 Å². The first-order chi connectivity index (χ1) is 9.51. The van der Waals surface area contributed by atoms with Crippen molar-refractivity contribution >= 4 is 23.2 Å². The second-order valence-electron chi connectivity index (χ2n) is 4.57. The highest BCUT2D eigenvalue weighted by molar-refractivity contribution is 6.31. The van der Waals surface area contributed by atoms with E-state index < -0.39 is 0 Å². The Balaban J connectivity index is 2.35. The fraction of sp³-hybridized carbons (Fsp3) is 0.125. The molecule has 2 rings (SSSR count). The summed E-state index contributed by atoms with van der Waals surface area (Å²) in [6, 6.07) is 12.5. The fourth-order valence-corrected chi connectivity index (χ4v) is 2.06. The first-order valence-electron chi connectivity index (χ1n) is 6.09. The normalized spacial score (nSPS) is 9.90. The van der Waals surface area contributed by atoms with Gasteiger partial charge in [0.15, 0.2) is 0 Å². The highest BCUT2D eigenvalue weighted by Gasteiger charge is 2.12. The van der Waals surface area contributed by atoms with Gasteiger partial charge in [-0.2, -0.15) is 5.26 Å². The Morgan fingerprint density at radius 1 is 1.20 bits per heavy atom. The number of benzene rings is 2. The molecule has 0 fully saturated rings. The predicted octanol–water partition coefficient (Wildman–Crippen LogP) is 4.08. The summed E-state index contributed by atoms with van der Waals surface area (Å²) in [6.45, 7) is 3.80. The molecule has 100 valence electrons. The van der Waals surface area contributed by atoms with Crippen LogP contribution in [0.2, 0.25) is 5.02 Å². The van der Waals surface area contributed by atoms with Gasteiger partial charge in [0.2, 0.25) is 0 Å². The number of carbonyl (C=O) groups excluding carboxylic acids is 1. The number of rotatable bonds is 2. The van der Waals surface area contributed by atoms with E-state index in [1.807, 2.05) is 38.1 Å². The van der Waals surface area contributed by atoms with Crippen molar-refractivity contribution in [2.45, 2.75) is 13.8 Å². The number of anilines is 1. The molecule has 2 aromatic carbocycles. The minimum atomic E-state index is -0.245. The Morgan fingerprint density at radius 2 is 1.95 bits per heavy atom. The minimum Gasteiger partial charge on any atom is -0.321 e. The maximum atomic E-state index is 12.3. The first-order valence-corrected chi connectivity index (χ1v) is 6.47. The summed E-state index contributed by atoms with van der Waals surface area (Å²) in [5.41, 5.74) is 3.29. The standard InChI is InChI=1S/C16H13ClN2O/c1-10-3-4-11(2)14(7-10)16(20)19-15-8-13(17)6-5-12(15)9-18/h3-8H,1-2H3,(H,19,20). The number of carbonyl (C=O) groups is 1. The number of hydrogen-bond acceptors (Lipinski definition) is 2. The van der Waals surface area contributed by atoms with Crippen LogP contribution in [0.25, 0.3) is 0 Å². The van der Waals surface area contributed by atoms with Crippen molar-refractivity contribution in [2.24, 2.45) is 0 Å². The van der Waals surface area contributed by atoms with E-state index in [1.165, 1.54) is 0 Å². The van der Waals surface area contributed by atoms with Gasteiger partial charge in [0.1, 0.15) is 6.07 Å². The number of nitrogens with one attached hydrogen (secondary N) is 1. The Hall–Kier alpha value is -2.31. The van der Waals surface area contributed by atoms with Gasteiger partial charge < -0.3 is 5.32 Å². The van der Waals surface area contributed by atoms with Crippen LogP contribution in [0.5, 0.6) is 0 Å². The van der Waals surface area contributed by atoms with E-state index in [1.54, 1.807) is 18.2 Å². The second kappa shape index (κ2) is 5.77. The highest BCUT2D eigenvalue weighted by Crippen LogP contribution is 2.22. The number of nitriles is 1. The Morgan fingerprint density at radius 3 is 2.65 bits per heavy atom. The zero-order valence-electron chi connectivity index (χ0n) is 11.2. The number of amides is 1. The molecule has 0 saturated heterocycles. The summed E-state index contributed by atoms with van der Waals surface area (Å²) >= 11 is 5.90. The Bertz CT molecular complexity index is 717. The molecule has 0 radical (unpaired) electrons. The molecule has 3 nitrogen and oxygen atoms in total. The van der Waals surface area contributed by atoms with Crippen molar-refractivity contribution in [3.8, 4) is 6.07 Å². The van der Waals surface area contributed by atoms with Gasteiger partial charge in [-0.05, 0) is 43.7 Å². The number of aryl methyl sites for hydroxylation is 2. The molecule has 0 atom stereocenters. The highest BCUT2D eigenvalue weighted by atomic mass is 35.5. The fourth-order valence-electron chi connectivity index (χ4n) is 1.89. The molecule has 0 heterocycles. The van der Waals surface area contributed by atoms with E-state index in [-0.39, 0.29) is 5.91 Å². The topological polar surface area (TPSA) is 52.9 Å². The molecule has 0 aliphatic carbocycles. The number of nitrogens with zero attached hydrogens (tertiary/aromatic N) is 1. The molecule has 0 aliphatic rings. The van der Waals surface area contributed by atoms with Gasteiger partial charge in [0.05, 0.1) is 11.3 Å². The van der Waals surface area contributed by atoms with Crippen molar-refractivity contribution in [2.75, 3.05) is 5.32 Å². The maximum absolute atomic E-state index is 12.3. The smallest absolute Gasteiger partial charge is 0.255 e. The molecule has 0 aromatic heterocycles. The molecule has 20 heavy (non-hydrogen) atoms. The quantitative estimate of drug-likeness (QED) is 0.903. The Labute approximate surface area is 122 Å². The summed E-state index contributed by atoms with van der Waals surface area (Å²) < 4.78 is 0. The summed E-state index contributed by atoms with van der Waals surface area (Å²) in [5.74, 6) is -0.245. The molecule has 0 bridgehead atoms. The number of halogens is 1. The van der Waals surface area contributed by atoms with E-state index in [9.17, 15) is 4.79 Å². The SMILES string of the molecule is Cc1ccc(C)c(C(=O)Nc2cc(Cl)ccc2C#N)c1. The average molecular weight is 285 g/mol. The molecule has 0 spiro atoms. The van der Waals surface area contributed by atoms with Crippen molar-refractivity contribution in [1.29, 1.82) is 5.26 Å². The summed E-state index contributed by atoms with van der Waals surface area (Å²) in [7, 11) is 0. The van der Waals surface area contributed by atoms with Crippen LogP contribution in [0, 0.1) is 25.2 Å². The molecule has 1 N–H and O–H groups in total. The van der Waals surface area contributed by atoms with Crippen LogP contribution in [0.3, 0.4) is 0 Å². The van der Waals surface area contributed by atoms with Gasteiger partial charge in [-0.15, -0.1) is 0 Å². The third-order valence-electron chi connectivity index (χ3n) is 2.99. The van der Waals surface area contributed by atoms with Crippen molar-refractivity contribution in [3.05, 3.63) is 63.7 Å². The molecular weight excluding hydrogens is 272 g/mol. The van der Waals surface area contributed by atoms with Crippen LogP contribution in [0.1, 0.15) is 27.0 Å². The van der Waals surface area contributed by atoms with Gasteiger partial charge in [0.25, 0.3) is 5.91 Å². The predicted molar refractivity (Wildman–Crippen MR) is 80.0 cm³/mol. The average Bonchev–Trinajstić information content (AvgIpc) is 2.41. The molecule has 0 saturated carbocycles. The second-order valence-corrected chi connectivity index (χ2v) is 5.01. The van der Waals surface area contributed by atoms with Gasteiger partial charge in [-0.3, -0.25) is 4.79 Å². The van der Waals surface area contributed by atoms with Crippen LogP contribution in [-0.4, -0.2) is 5.91 Å². The summed E-state index contributed by atoms with van der Waals surface area (Å²) in [6.07, 6.45) is 0. The first kappa shape index (κ1) is 14.1. The molecule has 1 amide bonds. The lowest BCUT2D eigenvalue weighted by molar-refractivity contribution is 0.102. The molecule has 0 unspecified atom stereocenters. The van der Waals surface area contributed by atoms with Crippen molar-refractivity contribution in [3.63, 3.8) is 0 Å². The largest absolute Gasteiger partial charge is 0.321 e. The zero-order chi connectivity index (χ0) is 14.7. The van der Waals surface area contributed by atoms with Crippen molar-refractivity contribution < 1.29 is 4.79 Å². The lowest BCUT2D eigenvalue weighted by Crippen LogP contribution is -2.14. The molecule has 2 aromatic rings. The van der Waals surface area contributed by atoms with E-state index in [4.69, 9.17) is 16.9 Å². The lowest BCUT2D eigenvalue weighted by atomic mass is 10.0. The summed E-state index contributed by atoms with van der Waals surface area (Å²) in [4.78, 5) is 12.3. The third kappa shape index (κ3) is 2.98. The van der Waals surface area contributed by atoms with Gasteiger partial charge >= 0.3 is 0 Å². The Kier molecular flexibility index (Phi) is 4.07. The van der Waals surface area contributed by atoms with E-state index >= 15 is 0 Å². The lowest BCUT2D eigenvalue weighted by Gasteiger charge is -2.10. The third-order valence-corrected chi connectivity index (χ3v) is 3.22. The van der Waals surface area contributed by atoms with Crippen molar-refractivity contribution in [1.82, 2.24) is 0 Å². The maximum Gasteiger partial charge on any atom is 0.255 e. The molecule has 4 heteroatoms. The van der Waals surface area contributed by atoms with Crippen LogP contribution in [0.15, 0.2) is 36.4 Å². The van der Waals surface area contributed by atoms with E-state index in [0.29, 0.717) is 21.8 Å².